The summed E-state index contributed by atoms with van der Waals surface area (Å²) >= 11 is 0. The first-order valence-electron chi connectivity index (χ1n) is 42.6. The van der Waals surface area contributed by atoms with Gasteiger partial charge in [-0.1, -0.05) is 329 Å². The van der Waals surface area contributed by atoms with Gasteiger partial charge in [0.2, 0.25) is 5.91 Å². The molecule has 3 heterocycles. The highest BCUT2D eigenvalue weighted by molar-refractivity contribution is 5.76. The van der Waals surface area contributed by atoms with E-state index >= 15 is 0 Å². The number of nitrogens with one attached hydrogen (secondary N) is 1. The Labute approximate surface area is 646 Å². The summed E-state index contributed by atoms with van der Waals surface area (Å²) in [6, 6.07) is -0.979. The molecule has 1 amide bonds. The number of amides is 1. The van der Waals surface area contributed by atoms with Crippen molar-refractivity contribution >= 4 is 5.91 Å². The minimum Gasteiger partial charge on any atom is -0.394 e. The minimum atomic E-state index is -1.98. The van der Waals surface area contributed by atoms with Crippen LogP contribution in [0.4, 0.5) is 0 Å². The minimum absolute atomic E-state index is 0.240. The number of allylic oxidation sites excluding steroid dienone is 17. The number of carbonyl (C=O) groups excluding carboxylic acids is 1. The van der Waals surface area contributed by atoms with Crippen molar-refractivity contribution in [2.24, 2.45) is 0 Å². The van der Waals surface area contributed by atoms with E-state index in [0.717, 1.165) is 96.3 Å². The smallest absolute Gasteiger partial charge is 0.220 e. The molecule has 0 radical (unpaired) electrons. The van der Waals surface area contributed by atoms with Crippen molar-refractivity contribution in [1.82, 2.24) is 5.32 Å². The Morgan fingerprint density at radius 3 is 1.01 bits per heavy atom. The third-order valence-corrected chi connectivity index (χ3v) is 20.6. The predicted octanol–water partition coefficient (Wildman–Crippen LogP) is 15.3. The normalized spacial score (nSPS) is 26.1. The Hall–Kier alpha value is -3.55. The number of unbranched alkanes of at least 4 members (excludes halogenated alkanes) is 35. The zero-order valence-electron chi connectivity index (χ0n) is 66.3. The highest BCUT2D eigenvalue weighted by Crippen LogP contribution is 2.33. The lowest BCUT2D eigenvalue weighted by atomic mass is 9.96. The van der Waals surface area contributed by atoms with Crippen LogP contribution in [0.1, 0.15) is 309 Å². The summed E-state index contributed by atoms with van der Waals surface area (Å²) in [5.74, 6) is -0.275. The molecule has 0 aliphatic carbocycles. The number of hydrogen-bond donors (Lipinski definition) is 12. The molecule has 0 bridgehead atoms. The number of aliphatic hydroxyl groups excluding tert-OH is 11. The van der Waals surface area contributed by atoms with Crippen molar-refractivity contribution in [1.29, 1.82) is 0 Å². The number of carbonyl (C=O) groups is 1. The lowest BCUT2D eigenvalue weighted by Crippen LogP contribution is -2.66. The Bertz CT molecular complexity index is 2360. The van der Waals surface area contributed by atoms with Gasteiger partial charge in [0.05, 0.1) is 38.6 Å². The van der Waals surface area contributed by atoms with E-state index in [1.807, 2.05) is 6.08 Å². The van der Waals surface area contributed by atoms with Gasteiger partial charge in [-0.05, 0) is 83.5 Å². The van der Waals surface area contributed by atoms with Crippen molar-refractivity contribution < 1.29 is 89.4 Å². The monoisotopic (exact) mass is 1510 g/mol. The van der Waals surface area contributed by atoms with E-state index in [1.165, 1.54) is 186 Å². The highest BCUT2D eigenvalue weighted by atomic mass is 16.8. The zero-order valence-corrected chi connectivity index (χ0v) is 66.3. The second kappa shape index (κ2) is 67.0. The van der Waals surface area contributed by atoms with Gasteiger partial charge in [-0.2, -0.15) is 0 Å². The first-order chi connectivity index (χ1) is 52.3. The molecular weight excluding hydrogens is 1360 g/mol. The summed E-state index contributed by atoms with van der Waals surface area (Å²) in [6.07, 6.45) is 66.5. The fraction of sp³-hybridized carbons (Fsp3) is 0.784. The van der Waals surface area contributed by atoms with Crippen molar-refractivity contribution in [2.75, 3.05) is 26.4 Å². The van der Waals surface area contributed by atoms with Crippen LogP contribution in [0.25, 0.3) is 0 Å². The summed E-state index contributed by atoms with van der Waals surface area (Å²) in [7, 11) is 0. The topological polar surface area (TPSA) is 307 Å². The average molecular weight is 1510 g/mol. The number of ether oxygens (including phenoxy) is 6. The van der Waals surface area contributed by atoms with Crippen LogP contribution in [0.2, 0.25) is 0 Å². The maximum absolute atomic E-state index is 13.5. The molecule has 107 heavy (non-hydrogen) atoms. The lowest BCUT2D eigenvalue weighted by molar-refractivity contribution is -0.379. The summed E-state index contributed by atoms with van der Waals surface area (Å²) in [5, 5.41) is 121. The second-order valence-electron chi connectivity index (χ2n) is 29.9. The lowest BCUT2D eigenvalue weighted by Gasteiger charge is -2.48. The molecule has 3 aliphatic heterocycles. The van der Waals surface area contributed by atoms with E-state index in [4.69, 9.17) is 28.4 Å². The van der Waals surface area contributed by atoms with Crippen LogP contribution in [0, 0.1) is 0 Å². The molecule has 3 saturated heterocycles. The molecule has 0 spiro atoms. The maximum Gasteiger partial charge on any atom is 0.220 e. The molecule has 0 aromatic rings. The van der Waals surface area contributed by atoms with Crippen LogP contribution in [-0.2, 0) is 33.2 Å². The first kappa shape index (κ1) is 97.6. The maximum atomic E-state index is 13.5. The molecule has 0 aromatic carbocycles. The Morgan fingerprint density at radius 1 is 0.346 bits per heavy atom. The van der Waals surface area contributed by atoms with E-state index in [2.05, 4.69) is 116 Å². The van der Waals surface area contributed by atoms with E-state index in [9.17, 15) is 61.0 Å². The number of aliphatic hydroxyl groups is 11. The summed E-state index contributed by atoms with van der Waals surface area (Å²) in [5.41, 5.74) is 0. The molecular formula is C88H153NO18. The molecule has 17 atom stereocenters. The predicted molar refractivity (Wildman–Crippen MR) is 429 cm³/mol. The van der Waals surface area contributed by atoms with E-state index in [-0.39, 0.29) is 18.9 Å². The van der Waals surface area contributed by atoms with Gasteiger partial charge in [-0.25, -0.2) is 0 Å². The van der Waals surface area contributed by atoms with Crippen LogP contribution in [0.15, 0.2) is 109 Å². The zero-order chi connectivity index (χ0) is 77.4. The highest BCUT2D eigenvalue weighted by Gasteiger charge is 2.54. The van der Waals surface area contributed by atoms with Gasteiger partial charge < -0.3 is 89.9 Å². The largest absolute Gasteiger partial charge is 0.394 e. The quantitative estimate of drug-likeness (QED) is 0.0199. The molecule has 19 nitrogen and oxygen atoms in total. The van der Waals surface area contributed by atoms with Crippen LogP contribution in [0.5, 0.6) is 0 Å². The van der Waals surface area contributed by atoms with Crippen LogP contribution in [0.3, 0.4) is 0 Å². The molecule has 618 valence electrons. The van der Waals surface area contributed by atoms with Crippen molar-refractivity contribution in [2.45, 2.75) is 413 Å². The average Bonchev–Trinajstić information content (AvgIpc) is 0.782. The molecule has 3 aliphatic rings. The van der Waals surface area contributed by atoms with Gasteiger partial charge >= 0.3 is 0 Å². The fourth-order valence-corrected chi connectivity index (χ4v) is 13.8. The van der Waals surface area contributed by atoms with Gasteiger partial charge in [0, 0.05) is 6.42 Å². The van der Waals surface area contributed by atoms with E-state index in [0.29, 0.717) is 6.42 Å². The number of hydrogen-bond acceptors (Lipinski definition) is 18. The summed E-state index contributed by atoms with van der Waals surface area (Å²) < 4.78 is 34.5. The SMILES string of the molecule is CC/C=C\C/C=C\C/C=C\C/C=C\C/C=C\C/C=C\C/C=C\C/C=C\CCCCCCCCCCCCCCCCCCC(=O)NC(COC1OC(CO)C(OC2OC(CO)C(OC3OC(CO)C(O)C(O)C3O)C(O)C2O)C(O)C1O)C(O)/C=C/CCCCCCCCCCCCCCCCCCCCC. The van der Waals surface area contributed by atoms with Gasteiger partial charge in [-0.15, -0.1) is 0 Å². The Morgan fingerprint density at radius 2 is 0.645 bits per heavy atom. The third-order valence-electron chi connectivity index (χ3n) is 20.6. The second-order valence-corrected chi connectivity index (χ2v) is 29.9. The van der Waals surface area contributed by atoms with Crippen LogP contribution < -0.4 is 5.32 Å². The fourth-order valence-electron chi connectivity index (χ4n) is 13.8. The van der Waals surface area contributed by atoms with E-state index in [1.54, 1.807) is 6.08 Å². The van der Waals surface area contributed by atoms with Gasteiger partial charge in [0.1, 0.15) is 73.2 Å². The standard InChI is InChI=1S/C88H153NO18/c1-3-5-7-9-11-13-15-17-19-21-23-25-26-27-28-29-30-31-32-33-34-35-36-37-38-39-40-41-42-43-44-46-48-50-52-54-56-58-60-62-64-66-76(94)89-71(72(93)65-63-61-59-57-55-53-51-49-47-45-24-22-20-18-16-14-12-10-8-6-4-2)70-102-86-82(100)79(97)84(74(68-91)104-86)107-88-83(101)80(98)85(75(69-92)105-88)106-87-81(99)78(96)77(95)73(67-90)103-87/h5,7,11,13,17,19,23,25,27-28,30-31,33-34,36-37,63,65,71-75,77-88,90-93,95-101H,3-4,6,8-10,12,14-16,18,20-22,24,26,29,32,35,38-62,64,66-70H2,1-2H3,(H,89,94)/b7-5-,13-11-,19-17-,25-23-,28-27-,31-30-,34-33-,37-36-,65-63+. The van der Waals surface area contributed by atoms with Gasteiger partial charge in [0.15, 0.2) is 18.9 Å². The Kier molecular flexibility index (Phi) is 61.1. The van der Waals surface area contributed by atoms with Crippen molar-refractivity contribution in [3.63, 3.8) is 0 Å². The summed E-state index contributed by atoms with van der Waals surface area (Å²) in [4.78, 5) is 13.5. The molecule has 3 fully saturated rings. The van der Waals surface area contributed by atoms with Crippen LogP contribution >= 0.6 is 0 Å². The molecule has 12 N–H and O–H groups in total. The first-order valence-corrected chi connectivity index (χ1v) is 42.6. The third kappa shape index (κ3) is 46.3. The molecule has 3 rings (SSSR count). The van der Waals surface area contributed by atoms with Gasteiger partial charge in [-0.3, -0.25) is 4.79 Å². The Balaban J connectivity index is 1.32. The van der Waals surface area contributed by atoms with E-state index < -0.39 is 124 Å². The molecule has 17 unspecified atom stereocenters. The number of rotatable bonds is 67. The van der Waals surface area contributed by atoms with Crippen molar-refractivity contribution in [3.05, 3.63) is 109 Å². The van der Waals surface area contributed by atoms with Crippen LogP contribution in [-0.4, -0.2) is 193 Å². The molecule has 19 heteroatoms. The van der Waals surface area contributed by atoms with Crippen molar-refractivity contribution in [3.8, 4) is 0 Å². The van der Waals surface area contributed by atoms with Gasteiger partial charge in [0.25, 0.3) is 0 Å². The summed E-state index contributed by atoms with van der Waals surface area (Å²) in [6.45, 7) is 1.65. The molecule has 0 aromatic heterocycles. The molecule has 0 saturated carbocycles.